The lowest BCUT2D eigenvalue weighted by Gasteiger charge is -2.36. The van der Waals surface area contributed by atoms with E-state index in [9.17, 15) is 22.8 Å². The smallest absolute Gasteiger partial charge is 0.270 e. The number of H-pyrrole nitrogens is 1. The Balaban J connectivity index is 1.26. The molecule has 2 aliphatic rings. The van der Waals surface area contributed by atoms with Crippen LogP contribution in [0.2, 0.25) is 5.02 Å². The van der Waals surface area contributed by atoms with E-state index in [1.54, 1.807) is 11.0 Å². The molecular formula is C23H21ClF3N5O2. The summed E-state index contributed by atoms with van der Waals surface area (Å²) in [7, 11) is 0. The zero-order chi connectivity index (χ0) is 24.0. The van der Waals surface area contributed by atoms with Gasteiger partial charge in [-0.3, -0.25) is 14.5 Å². The molecule has 0 radical (unpaired) electrons. The summed E-state index contributed by atoms with van der Waals surface area (Å²) in [6, 6.07) is 5.42. The number of nitrogens with one attached hydrogen (secondary N) is 2. The molecule has 3 heterocycles. The topological polar surface area (TPSA) is 81.3 Å². The first kappa shape index (κ1) is 22.7. The maximum atomic E-state index is 15.0. The minimum Gasteiger partial charge on any atom is -0.365 e. The molecule has 3 aromatic rings. The van der Waals surface area contributed by atoms with Crippen LogP contribution in [0.1, 0.15) is 28.9 Å². The van der Waals surface area contributed by atoms with Crippen LogP contribution in [0.4, 0.5) is 18.9 Å². The SMILES string of the molecule is O=C(NC1CC1)c1ccc(N2CCN(Cc3cc(F)c4cc(Cl)c(=O)[nH]c4c3F)CC2)c(F)n1. The van der Waals surface area contributed by atoms with E-state index in [0.29, 0.717) is 31.9 Å². The van der Waals surface area contributed by atoms with Gasteiger partial charge in [0.1, 0.15) is 16.5 Å². The van der Waals surface area contributed by atoms with Crippen LogP contribution in [0.3, 0.4) is 0 Å². The predicted molar refractivity (Wildman–Crippen MR) is 122 cm³/mol. The number of amides is 1. The molecule has 1 aliphatic carbocycles. The molecule has 178 valence electrons. The Morgan fingerprint density at radius 2 is 1.88 bits per heavy atom. The van der Waals surface area contributed by atoms with Crippen molar-refractivity contribution < 1.29 is 18.0 Å². The van der Waals surface area contributed by atoms with E-state index in [0.717, 1.165) is 25.0 Å². The average Bonchev–Trinajstić information content (AvgIpc) is 3.63. The maximum Gasteiger partial charge on any atom is 0.270 e. The number of rotatable bonds is 5. The van der Waals surface area contributed by atoms with Gasteiger partial charge in [0.25, 0.3) is 11.5 Å². The van der Waals surface area contributed by atoms with E-state index < -0.39 is 23.1 Å². The van der Waals surface area contributed by atoms with Gasteiger partial charge in [0.15, 0.2) is 5.82 Å². The third kappa shape index (κ3) is 4.47. The number of halogens is 4. The Bertz CT molecular complexity index is 1340. The number of anilines is 1. The average molecular weight is 492 g/mol. The van der Waals surface area contributed by atoms with Crippen LogP contribution < -0.4 is 15.8 Å². The quantitative estimate of drug-likeness (QED) is 0.536. The Morgan fingerprint density at radius 3 is 2.56 bits per heavy atom. The lowest BCUT2D eigenvalue weighted by atomic mass is 10.1. The number of hydrogen-bond donors (Lipinski definition) is 2. The number of carbonyl (C=O) groups excluding carboxylic acids is 1. The van der Waals surface area contributed by atoms with Crippen LogP contribution >= 0.6 is 11.6 Å². The van der Waals surface area contributed by atoms with Crippen molar-refractivity contribution in [3.63, 3.8) is 0 Å². The van der Waals surface area contributed by atoms with Crippen LogP contribution in [0.25, 0.3) is 10.9 Å². The van der Waals surface area contributed by atoms with Crippen molar-refractivity contribution >= 4 is 34.1 Å². The van der Waals surface area contributed by atoms with E-state index in [1.807, 2.05) is 4.90 Å². The van der Waals surface area contributed by atoms with Crippen molar-refractivity contribution in [3.05, 3.63) is 68.5 Å². The third-order valence-electron chi connectivity index (χ3n) is 6.14. The van der Waals surface area contributed by atoms with Gasteiger partial charge in [0.2, 0.25) is 5.95 Å². The summed E-state index contributed by atoms with van der Waals surface area (Å²) in [6.07, 6.45) is 1.86. The molecule has 1 saturated heterocycles. The molecule has 7 nitrogen and oxygen atoms in total. The fraction of sp³-hybridized carbons (Fsp3) is 0.348. The predicted octanol–water partition coefficient (Wildman–Crippen LogP) is 3.21. The van der Waals surface area contributed by atoms with E-state index in [4.69, 9.17) is 11.6 Å². The monoisotopic (exact) mass is 491 g/mol. The molecule has 2 N–H and O–H groups in total. The highest BCUT2D eigenvalue weighted by Crippen LogP contribution is 2.26. The summed E-state index contributed by atoms with van der Waals surface area (Å²) in [5.41, 5.74) is -0.470. The first-order valence-corrected chi connectivity index (χ1v) is 11.3. The lowest BCUT2D eigenvalue weighted by Crippen LogP contribution is -2.46. The van der Waals surface area contributed by atoms with Gasteiger partial charge in [0, 0.05) is 49.7 Å². The van der Waals surface area contributed by atoms with Crippen molar-refractivity contribution in [1.29, 1.82) is 0 Å². The molecule has 1 saturated carbocycles. The molecule has 2 aromatic heterocycles. The third-order valence-corrected chi connectivity index (χ3v) is 6.42. The van der Waals surface area contributed by atoms with E-state index in [1.165, 1.54) is 6.07 Å². The molecule has 0 atom stereocenters. The molecular weight excluding hydrogens is 471 g/mol. The summed E-state index contributed by atoms with van der Waals surface area (Å²) in [5.74, 6) is -2.49. The minimum absolute atomic E-state index is 0.0416. The molecule has 1 aromatic carbocycles. The van der Waals surface area contributed by atoms with Crippen LogP contribution in [0, 0.1) is 17.6 Å². The first-order valence-electron chi connectivity index (χ1n) is 10.9. The van der Waals surface area contributed by atoms with Crippen LogP contribution in [-0.4, -0.2) is 53.0 Å². The lowest BCUT2D eigenvalue weighted by molar-refractivity contribution is 0.0945. The zero-order valence-electron chi connectivity index (χ0n) is 18.0. The zero-order valence-corrected chi connectivity index (χ0v) is 18.8. The van der Waals surface area contributed by atoms with E-state index in [-0.39, 0.29) is 45.7 Å². The molecule has 0 spiro atoms. The van der Waals surface area contributed by atoms with Gasteiger partial charge in [-0.1, -0.05) is 11.6 Å². The fourth-order valence-corrected chi connectivity index (χ4v) is 4.26. The van der Waals surface area contributed by atoms with Crippen LogP contribution in [0.5, 0.6) is 0 Å². The number of carbonyl (C=O) groups is 1. The van der Waals surface area contributed by atoms with Gasteiger partial charge < -0.3 is 15.2 Å². The van der Waals surface area contributed by atoms with Crippen molar-refractivity contribution in [2.24, 2.45) is 0 Å². The molecule has 1 aliphatic heterocycles. The number of aromatic amines is 1. The van der Waals surface area contributed by atoms with E-state index >= 15 is 0 Å². The van der Waals surface area contributed by atoms with Gasteiger partial charge in [-0.15, -0.1) is 0 Å². The summed E-state index contributed by atoms with van der Waals surface area (Å²) >= 11 is 5.73. The van der Waals surface area contributed by atoms with Gasteiger partial charge in [-0.2, -0.15) is 4.39 Å². The van der Waals surface area contributed by atoms with Crippen LogP contribution in [0.15, 0.2) is 29.1 Å². The highest BCUT2D eigenvalue weighted by atomic mass is 35.5. The minimum atomic E-state index is -0.720. The normalized spacial score (nSPS) is 16.8. The van der Waals surface area contributed by atoms with Crippen LogP contribution in [-0.2, 0) is 6.54 Å². The molecule has 5 rings (SSSR count). The number of pyridine rings is 2. The Morgan fingerprint density at radius 1 is 1.15 bits per heavy atom. The maximum absolute atomic E-state index is 15.0. The van der Waals surface area contributed by atoms with E-state index in [2.05, 4.69) is 15.3 Å². The summed E-state index contributed by atoms with van der Waals surface area (Å²) in [5, 5.41) is 2.47. The number of aromatic nitrogens is 2. The number of nitrogens with zero attached hydrogens (tertiary/aromatic N) is 3. The number of hydrogen-bond acceptors (Lipinski definition) is 5. The highest BCUT2D eigenvalue weighted by Gasteiger charge is 2.26. The summed E-state index contributed by atoms with van der Waals surface area (Å²) in [4.78, 5) is 33.7. The largest absolute Gasteiger partial charge is 0.365 e. The first-order chi connectivity index (χ1) is 16.3. The second-order valence-electron chi connectivity index (χ2n) is 8.58. The van der Waals surface area contributed by atoms with Crippen molar-refractivity contribution in [1.82, 2.24) is 20.2 Å². The van der Waals surface area contributed by atoms with Gasteiger partial charge in [0.05, 0.1) is 11.2 Å². The van der Waals surface area contributed by atoms with Crippen molar-refractivity contribution in [3.8, 4) is 0 Å². The molecule has 0 bridgehead atoms. The summed E-state index contributed by atoms with van der Waals surface area (Å²) < 4.78 is 44.1. The Labute approximate surface area is 197 Å². The highest BCUT2D eigenvalue weighted by molar-refractivity contribution is 6.31. The van der Waals surface area contributed by atoms with Gasteiger partial charge >= 0.3 is 0 Å². The Hall–Kier alpha value is -3.11. The van der Waals surface area contributed by atoms with Crippen molar-refractivity contribution in [2.45, 2.75) is 25.4 Å². The number of fused-ring (bicyclic) bond motifs is 1. The molecule has 0 unspecified atom stereocenters. The van der Waals surface area contributed by atoms with Crippen molar-refractivity contribution in [2.75, 3.05) is 31.1 Å². The molecule has 34 heavy (non-hydrogen) atoms. The number of piperazine rings is 1. The standard InChI is InChI=1S/C23H21ClF3N5O2/c24-15-10-14-16(25)9-12(19(26)20(14)30-22(15)33)11-31-5-7-32(8-6-31)18-4-3-17(29-21(18)27)23(34)28-13-1-2-13/h3-4,9-10,13H,1-2,5-8,11H2,(H,28,34)(H,30,33). The summed E-state index contributed by atoms with van der Waals surface area (Å²) in [6.45, 7) is 1.95. The number of benzene rings is 1. The second kappa shape index (κ2) is 8.92. The molecule has 2 fully saturated rings. The van der Waals surface area contributed by atoms with Gasteiger partial charge in [-0.25, -0.2) is 13.8 Å². The van der Waals surface area contributed by atoms with Gasteiger partial charge in [-0.05, 0) is 37.1 Å². The molecule has 11 heteroatoms. The second-order valence-corrected chi connectivity index (χ2v) is 8.99. The fourth-order valence-electron chi connectivity index (χ4n) is 4.10. The Kier molecular flexibility index (Phi) is 5.95. The molecule has 1 amide bonds.